The zero-order valence-corrected chi connectivity index (χ0v) is 12.4. The van der Waals surface area contributed by atoms with Gasteiger partial charge in [0.1, 0.15) is 5.82 Å². The average molecular weight is 281 g/mol. The lowest BCUT2D eigenvalue weighted by atomic mass is 10.0. The summed E-state index contributed by atoms with van der Waals surface area (Å²) in [7, 11) is 1.87. The Kier molecular flexibility index (Phi) is 6.61. The maximum Gasteiger partial charge on any atom is 0.238 e. The minimum absolute atomic E-state index is 0.142. The number of hydrogen-bond donors (Lipinski definition) is 2. The number of anilines is 1. The molecule has 0 aromatic heterocycles. The summed E-state index contributed by atoms with van der Waals surface area (Å²) in [6.07, 6.45) is 0.849. The third-order valence-corrected chi connectivity index (χ3v) is 3.22. The van der Waals surface area contributed by atoms with Gasteiger partial charge in [-0.1, -0.05) is 19.9 Å². The molecular formula is C15H24FN3O. The monoisotopic (exact) mass is 281 g/mol. The first-order valence-electron chi connectivity index (χ1n) is 6.88. The molecular weight excluding hydrogens is 257 g/mol. The van der Waals surface area contributed by atoms with Crippen LogP contribution in [0.1, 0.15) is 20.3 Å². The van der Waals surface area contributed by atoms with Crippen molar-refractivity contribution >= 4 is 11.6 Å². The predicted molar refractivity (Wildman–Crippen MR) is 80.0 cm³/mol. The van der Waals surface area contributed by atoms with Crippen molar-refractivity contribution < 1.29 is 9.18 Å². The Balaban J connectivity index is 2.35. The lowest BCUT2D eigenvalue weighted by molar-refractivity contribution is -0.117. The van der Waals surface area contributed by atoms with Crippen LogP contribution in [0.25, 0.3) is 0 Å². The molecule has 0 aliphatic carbocycles. The average Bonchev–Trinajstić information content (AvgIpc) is 2.35. The second-order valence-corrected chi connectivity index (χ2v) is 5.49. The number of benzene rings is 1. The minimum Gasteiger partial charge on any atom is -0.327 e. The first kappa shape index (κ1) is 16.6. The Morgan fingerprint density at radius 2 is 2.15 bits per heavy atom. The van der Waals surface area contributed by atoms with Gasteiger partial charge in [-0.3, -0.25) is 9.69 Å². The van der Waals surface area contributed by atoms with Crippen molar-refractivity contribution in [2.75, 3.05) is 25.5 Å². The number of nitrogens with one attached hydrogen (secondary N) is 1. The van der Waals surface area contributed by atoms with Gasteiger partial charge in [-0.2, -0.15) is 0 Å². The molecule has 0 fully saturated rings. The second-order valence-electron chi connectivity index (χ2n) is 5.49. The molecule has 1 unspecified atom stereocenters. The zero-order chi connectivity index (χ0) is 15.1. The van der Waals surface area contributed by atoms with Crippen LogP contribution in [0.15, 0.2) is 24.3 Å². The van der Waals surface area contributed by atoms with Crippen molar-refractivity contribution in [3.63, 3.8) is 0 Å². The van der Waals surface area contributed by atoms with E-state index in [1.54, 1.807) is 12.1 Å². The fourth-order valence-electron chi connectivity index (χ4n) is 1.79. The van der Waals surface area contributed by atoms with Crippen LogP contribution in [0.3, 0.4) is 0 Å². The molecule has 1 aromatic rings. The lowest BCUT2D eigenvalue weighted by Gasteiger charge is -2.20. The van der Waals surface area contributed by atoms with Gasteiger partial charge in [-0.15, -0.1) is 0 Å². The van der Waals surface area contributed by atoms with Crippen LogP contribution < -0.4 is 11.1 Å². The first-order chi connectivity index (χ1) is 9.38. The van der Waals surface area contributed by atoms with Gasteiger partial charge in [0, 0.05) is 11.7 Å². The number of hydrogen-bond acceptors (Lipinski definition) is 3. The van der Waals surface area contributed by atoms with Crippen molar-refractivity contribution in [3.8, 4) is 0 Å². The molecule has 0 saturated carbocycles. The van der Waals surface area contributed by atoms with E-state index in [1.165, 1.54) is 12.1 Å². The van der Waals surface area contributed by atoms with Gasteiger partial charge in [-0.25, -0.2) is 4.39 Å². The number of halogens is 1. The van der Waals surface area contributed by atoms with Crippen molar-refractivity contribution in [2.24, 2.45) is 11.7 Å². The van der Waals surface area contributed by atoms with Crippen molar-refractivity contribution in [2.45, 2.75) is 26.3 Å². The number of likely N-dealkylation sites (N-methyl/N-ethyl adjacent to an activating group) is 1. The Morgan fingerprint density at radius 3 is 2.75 bits per heavy atom. The molecule has 1 atom stereocenters. The smallest absolute Gasteiger partial charge is 0.238 e. The molecule has 0 heterocycles. The highest BCUT2D eigenvalue weighted by Crippen LogP contribution is 2.09. The topological polar surface area (TPSA) is 58.4 Å². The number of nitrogens with two attached hydrogens (primary N) is 1. The van der Waals surface area contributed by atoms with Gasteiger partial charge >= 0.3 is 0 Å². The van der Waals surface area contributed by atoms with E-state index in [0.29, 0.717) is 11.6 Å². The van der Waals surface area contributed by atoms with Gasteiger partial charge in [-0.05, 0) is 44.1 Å². The predicted octanol–water partition coefficient (Wildman–Crippen LogP) is 2.07. The summed E-state index contributed by atoms with van der Waals surface area (Å²) in [5, 5.41) is 2.67. The Morgan fingerprint density at radius 1 is 1.45 bits per heavy atom. The summed E-state index contributed by atoms with van der Waals surface area (Å²) < 4.78 is 13.0. The maximum atomic E-state index is 13.0. The molecule has 4 nitrogen and oxygen atoms in total. The normalized spacial score (nSPS) is 12.8. The second kappa shape index (κ2) is 7.97. The third-order valence-electron chi connectivity index (χ3n) is 3.22. The molecule has 0 aliphatic heterocycles. The SMILES string of the molecule is CC(C)C(N)CCN(C)CC(=O)Nc1cccc(F)c1. The van der Waals surface area contributed by atoms with Crippen LogP contribution in [0.2, 0.25) is 0 Å². The van der Waals surface area contributed by atoms with E-state index < -0.39 is 0 Å². The molecule has 5 heteroatoms. The quantitative estimate of drug-likeness (QED) is 0.804. The van der Waals surface area contributed by atoms with Crippen LogP contribution >= 0.6 is 0 Å². The largest absolute Gasteiger partial charge is 0.327 e. The number of nitrogens with zero attached hydrogens (tertiary/aromatic N) is 1. The molecule has 20 heavy (non-hydrogen) atoms. The Hall–Kier alpha value is -1.46. The summed E-state index contributed by atoms with van der Waals surface area (Å²) in [6.45, 7) is 5.19. The molecule has 0 bridgehead atoms. The van der Waals surface area contributed by atoms with Crippen molar-refractivity contribution in [3.05, 3.63) is 30.1 Å². The van der Waals surface area contributed by atoms with Crippen molar-refractivity contribution in [1.82, 2.24) is 4.90 Å². The summed E-state index contributed by atoms with van der Waals surface area (Å²) in [5.41, 5.74) is 6.44. The van der Waals surface area contributed by atoms with Crippen LogP contribution in [0, 0.1) is 11.7 Å². The highest BCUT2D eigenvalue weighted by Gasteiger charge is 2.11. The van der Waals surface area contributed by atoms with E-state index >= 15 is 0 Å². The highest BCUT2D eigenvalue weighted by atomic mass is 19.1. The van der Waals surface area contributed by atoms with Gasteiger partial charge in [0.2, 0.25) is 5.91 Å². The van der Waals surface area contributed by atoms with Crippen LogP contribution in [0.5, 0.6) is 0 Å². The summed E-state index contributed by atoms with van der Waals surface area (Å²) in [5.74, 6) is -0.0835. The fraction of sp³-hybridized carbons (Fsp3) is 0.533. The van der Waals surface area contributed by atoms with Gasteiger partial charge in [0.05, 0.1) is 6.54 Å². The van der Waals surface area contributed by atoms with E-state index in [2.05, 4.69) is 19.2 Å². The van der Waals surface area contributed by atoms with E-state index in [4.69, 9.17) is 5.73 Å². The molecule has 0 radical (unpaired) electrons. The van der Waals surface area contributed by atoms with E-state index in [0.717, 1.165) is 13.0 Å². The van der Waals surface area contributed by atoms with Gasteiger partial charge in [0.25, 0.3) is 0 Å². The highest BCUT2D eigenvalue weighted by molar-refractivity contribution is 5.92. The summed E-state index contributed by atoms with van der Waals surface area (Å²) >= 11 is 0. The number of carbonyl (C=O) groups is 1. The van der Waals surface area contributed by atoms with E-state index in [-0.39, 0.29) is 24.3 Å². The third kappa shape index (κ3) is 6.12. The number of amides is 1. The van der Waals surface area contributed by atoms with Crippen LogP contribution in [-0.2, 0) is 4.79 Å². The summed E-state index contributed by atoms with van der Waals surface area (Å²) in [6, 6.07) is 6.01. The van der Waals surface area contributed by atoms with Crippen LogP contribution in [-0.4, -0.2) is 37.0 Å². The number of carbonyl (C=O) groups excluding carboxylic acids is 1. The Labute approximate surface area is 120 Å². The Bertz CT molecular complexity index is 437. The zero-order valence-electron chi connectivity index (χ0n) is 12.4. The minimum atomic E-state index is -0.362. The maximum absolute atomic E-state index is 13.0. The van der Waals surface area contributed by atoms with Crippen LogP contribution in [0.4, 0.5) is 10.1 Å². The van der Waals surface area contributed by atoms with Gasteiger partial charge in [0.15, 0.2) is 0 Å². The van der Waals surface area contributed by atoms with Crippen molar-refractivity contribution in [1.29, 1.82) is 0 Å². The molecule has 1 amide bonds. The van der Waals surface area contributed by atoms with E-state index in [1.807, 2.05) is 11.9 Å². The fourth-order valence-corrected chi connectivity index (χ4v) is 1.79. The number of rotatable bonds is 7. The molecule has 0 spiro atoms. The lowest BCUT2D eigenvalue weighted by Crippen LogP contribution is -2.35. The molecule has 0 saturated heterocycles. The standard InChI is InChI=1S/C15H24FN3O/c1-11(2)14(17)7-8-19(3)10-15(20)18-13-6-4-5-12(16)9-13/h4-6,9,11,14H,7-8,10,17H2,1-3H3,(H,18,20). The molecule has 1 rings (SSSR count). The molecule has 1 aromatic carbocycles. The molecule has 3 N–H and O–H groups in total. The first-order valence-corrected chi connectivity index (χ1v) is 6.88. The van der Waals surface area contributed by atoms with Gasteiger partial charge < -0.3 is 11.1 Å². The summed E-state index contributed by atoms with van der Waals surface area (Å²) in [4.78, 5) is 13.7. The molecule has 112 valence electrons. The van der Waals surface area contributed by atoms with E-state index in [9.17, 15) is 9.18 Å². The molecule has 0 aliphatic rings.